The van der Waals surface area contributed by atoms with Crippen molar-refractivity contribution in [3.63, 3.8) is 0 Å². The number of carbonyl (C=O) groups is 1. The van der Waals surface area contributed by atoms with Crippen LogP contribution in [0.1, 0.15) is 48.2 Å². The summed E-state index contributed by atoms with van der Waals surface area (Å²) < 4.78 is 4.22. The van der Waals surface area contributed by atoms with Crippen LogP contribution in [0.5, 0.6) is 0 Å². The molecule has 0 aromatic carbocycles. The van der Waals surface area contributed by atoms with Crippen molar-refractivity contribution < 1.29 is 4.79 Å². The lowest BCUT2D eigenvalue weighted by atomic mass is 10.2. The second kappa shape index (κ2) is 4.99. The van der Waals surface area contributed by atoms with Crippen molar-refractivity contribution >= 4 is 5.78 Å². The molecular formula is C14H18N4O. The molecule has 3 rings (SSSR count). The molecule has 1 aliphatic rings. The lowest BCUT2D eigenvalue weighted by Crippen LogP contribution is -2.14. The first-order valence-corrected chi connectivity index (χ1v) is 6.88. The molecule has 0 saturated carbocycles. The molecule has 5 heteroatoms. The average Bonchev–Trinajstić information content (AvgIpc) is 3.06. The topological polar surface area (TPSA) is 52.7 Å². The summed E-state index contributed by atoms with van der Waals surface area (Å²) in [6.07, 6.45) is 7.81. The minimum Gasteiger partial charge on any atom is -0.346 e. The smallest absolute Gasteiger partial charge is 0.164 e. The lowest BCUT2D eigenvalue weighted by Gasteiger charge is -2.14. The van der Waals surface area contributed by atoms with Crippen LogP contribution in [0.15, 0.2) is 18.5 Å². The number of fused-ring (bicyclic) bond motifs is 1. The zero-order chi connectivity index (χ0) is 13.2. The lowest BCUT2D eigenvalue weighted by molar-refractivity contribution is 0.0988. The highest BCUT2D eigenvalue weighted by molar-refractivity contribution is 5.95. The van der Waals surface area contributed by atoms with Crippen LogP contribution in [0, 0.1) is 0 Å². The third kappa shape index (κ3) is 2.32. The molecule has 0 bridgehead atoms. The van der Waals surface area contributed by atoms with E-state index < -0.39 is 0 Å². The maximum absolute atomic E-state index is 11.6. The van der Waals surface area contributed by atoms with E-state index in [1.807, 2.05) is 30.0 Å². The highest BCUT2D eigenvalue weighted by Gasteiger charge is 2.16. The first kappa shape index (κ1) is 12.1. The van der Waals surface area contributed by atoms with Gasteiger partial charge in [-0.05, 0) is 18.9 Å². The van der Waals surface area contributed by atoms with Gasteiger partial charge in [0.15, 0.2) is 11.6 Å². The molecular weight excluding hydrogens is 240 g/mol. The summed E-state index contributed by atoms with van der Waals surface area (Å²) >= 11 is 0. The largest absolute Gasteiger partial charge is 0.346 e. The number of Topliss-reactive ketones (excluding diaryl/α,β-unsaturated/α-hetero) is 1. The molecule has 0 amide bonds. The molecule has 0 spiro atoms. The van der Waals surface area contributed by atoms with E-state index in [1.54, 1.807) is 0 Å². The Morgan fingerprint density at radius 3 is 3.11 bits per heavy atom. The zero-order valence-corrected chi connectivity index (χ0v) is 11.2. The van der Waals surface area contributed by atoms with Crippen LogP contribution in [-0.4, -0.2) is 25.1 Å². The molecule has 19 heavy (non-hydrogen) atoms. The summed E-state index contributed by atoms with van der Waals surface area (Å²) in [6.45, 7) is 3.58. The molecule has 2 aromatic heterocycles. The number of ketones is 1. The van der Waals surface area contributed by atoms with Gasteiger partial charge in [0, 0.05) is 37.3 Å². The van der Waals surface area contributed by atoms with Crippen LogP contribution in [-0.2, 0) is 19.5 Å². The Balaban J connectivity index is 1.80. The van der Waals surface area contributed by atoms with E-state index in [1.165, 1.54) is 12.8 Å². The molecule has 2 aromatic rings. The number of hydrogen-bond donors (Lipinski definition) is 0. The molecule has 5 nitrogen and oxygen atoms in total. The fourth-order valence-corrected chi connectivity index (χ4v) is 2.56. The van der Waals surface area contributed by atoms with Gasteiger partial charge in [0.25, 0.3) is 0 Å². The number of rotatable bonds is 4. The van der Waals surface area contributed by atoms with Gasteiger partial charge in [0.05, 0.1) is 6.54 Å². The molecule has 0 unspecified atom stereocenters. The predicted molar refractivity (Wildman–Crippen MR) is 71.1 cm³/mol. The first-order valence-electron chi connectivity index (χ1n) is 6.88. The molecule has 0 radical (unpaired) electrons. The Hall–Kier alpha value is -1.91. The molecule has 100 valence electrons. The van der Waals surface area contributed by atoms with Gasteiger partial charge in [-0.3, -0.25) is 4.79 Å². The van der Waals surface area contributed by atoms with Gasteiger partial charge in [-0.15, -0.1) is 10.2 Å². The third-order valence-corrected chi connectivity index (χ3v) is 3.65. The average molecular weight is 258 g/mol. The number of nitrogens with zero attached hydrogens (tertiary/aromatic N) is 4. The van der Waals surface area contributed by atoms with Gasteiger partial charge in [-0.25, -0.2) is 0 Å². The number of aromatic nitrogens is 4. The summed E-state index contributed by atoms with van der Waals surface area (Å²) in [5.41, 5.74) is 0.779. The van der Waals surface area contributed by atoms with Crippen molar-refractivity contribution in [3.8, 4) is 0 Å². The van der Waals surface area contributed by atoms with E-state index in [-0.39, 0.29) is 5.78 Å². The fourth-order valence-electron chi connectivity index (χ4n) is 2.56. The van der Waals surface area contributed by atoms with E-state index in [2.05, 4.69) is 14.8 Å². The molecule has 0 N–H and O–H groups in total. The SMILES string of the molecule is CCC(=O)c1ccn(Cc2nnc3n2CCCC3)c1. The van der Waals surface area contributed by atoms with Crippen molar-refractivity contribution in [1.29, 1.82) is 0 Å². The van der Waals surface area contributed by atoms with E-state index in [0.29, 0.717) is 13.0 Å². The monoisotopic (exact) mass is 258 g/mol. The van der Waals surface area contributed by atoms with Crippen LogP contribution in [0.3, 0.4) is 0 Å². The Labute approximate surface area is 112 Å². The van der Waals surface area contributed by atoms with Gasteiger partial charge in [-0.1, -0.05) is 6.92 Å². The molecule has 0 aliphatic carbocycles. The normalized spacial score (nSPS) is 14.4. The van der Waals surface area contributed by atoms with Crippen molar-refractivity contribution in [2.24, 2.45) is 0 Å². The van der Waals surface area contributed by atoms with Gasteiger partial charge < -0.3 is 9.13 Å². The minimum absolute atomic E-state index is 0.182. The van der Waals surface area contributed by atoms with E-state index in [9.17, 15) is 4.79 Å². The maximum Gasteiger partial charge on any atom is 0.164 e. The van der Waals surface area contributed by atoms with Crippen LogP contribution in [0.4, 0.5) is 0 Å². The standard InChI is InChI=1S/C14H18N4O/c1-2-12(19)11-6-8-17(9-11)10-14-16-15-13-5-3-4-7-18(13)14/h6,8-9H,2-5,7,10H2,1H3. The first-order chi connectivity index (χ1) is 9.28. The number of carbonyl (C=O) groups excluding carboxylic acids is 1. The molecule has 0 fully saturated rings. The second-order valence-electron chi connectivity index (χ2n) is 4.99. The van der Waals surface area contributed by atoms with E-state index in [4.69, 9.17) is 0 Å². The van der Waals surface area contributed by atoms with Crippen LogP contribution < -0.4 is 0 Å². The molecule has 0 saturated heterocycles. The van der Waals surface area contributed by atoms with Crippen LogP contribution in [0.2, 0.25) is 0 Å². The van der Waals surface area contributed by atoms with Gasteiger partial charge in [0.1, 0.15) is 5.82 Å². The quantitative estimate of drug-likeness (QED) is 0.789. The highest BCUT2D eigenvalue weighted by atomic mass is 16.1. The summed E-state index contributed by atoms with van der Waals surface area (Å²) in [5, 5.41) is 8.52. The predicted octanol–water partition coefficient (Wildman–Crippen LogP) is 2.06. The van der Waals surface area contributed by atoms with Crippen molar-refractivity contribution in [1.82, 2.24) is 19.3 Å². The zero-order valence-electron chi connectivity index (χ0n) is 11.2. The van der Waals surface area contributed by atoms with Crippen LogP contribution >= 0.6 is 0 Å². The summed E-state index contributed by atoms with van der Waals surface area (Å²) in [4.78, 5) is 11.6. The van der Waals surface area contributed by atoms with E-state index >= 15 is 0 Å². The Kier molecular flexibility index (Phi) is 3.19. The van der Waals surface area contributed by atoms with E-state index in [0.717, 1.165) is 30.2 Å². The van der Waals surface area contributed by atoms with Crippen LogP contribution in [0.25, 0.3) is 0 Å². The summed E-state index contributed by atoms with van der Waals surface area (Å²) in [7, 11) is 0. The summed E-state index contributed by atoms with van der Waals surface area (Å²) in [5.74, 6) is 2.26. The Morgan fingerprint density at radius 2 is 2.26 bits per heavy atom. The van der Waals surface area contributed by atoms with Gasteiger partial charge >= 0.3 is 0 Å². The van der Waals surface area contributed by atoms with Crippen molar-refractivity contribution in [3.05, 3.63) is 35.7 Å². The van der Waals surface area contributed by atoms with Crippen molar-refractivity contribution in [2.45, 2.75) is 45.7 Å². The third-order valence-electron chi connectivity index (χ3n) is 3.65. The Morgan fingerprint density at radius 1 is 1.37 bits per heavy atom. The number of hydrogen-bond acceptors (Lipinski definition) is 3. The van der Waals surface area contributed by atoms with Gasteiger partial charge in [-0.2, -0.15) is 0 Å². The fraction of sp³-hybridized carbons (Fsp3) is 0.500. The highest BCUT2D eigenvalue weighted by Crippen LogP contribution is 2.15. The van der Waals surface area contributed by atoms with Crippen molar-refractivity contribution in [2.75, 3.05) is 0 Å². The molecule has 3 heterocycles. The Bertz CT molecular complexity index is 596. The number of aryl methyl sites for hydroxylation is 1. The molecule has 0 atom stereocenters. The van der Waals surface area contributed by atoms with Gasteiger partial charge in [0.2, 0.25) is 0 Å². The minimum atomic E-state index is 0.182. The summed E-state index contributed by atoms with van der Waals surface area (Å²) in [6, 6.07) is 1.87. The second-order valence-corrected chi connectivity index (χ2v) is 4.99. The maximum atomic E-state index is 11.6. The molecule has 1 aliphatic heterocycles.